The van der Waals surface area contributed by atoms with E-state index in [0.29, 0.717) is 5.78 Å². The van der Waals surface area contributed by atoms with Crippen LogP contribution in [0.4, 0.5) is 0 Å². The fourth-order valence-electron chi connectivity index (χ4n) is 2.89. The molecule has 1 atom stereocenters. The van der Waals surface area contributed by atoms with Crippen molar-refractivity contribution in [3.05, 3.63) is 53.3 Å². The van der Waals surface area contributed by atoms with Crippen molar-refractivity contribution >= 4 is 5.78 Å². The maximum atomic E-state index is 12.6. The lowest BCUT2D eigenvalue weighted by Gasteiger charge is -2.12. The molecule has 3 heteroatoms. The van der Waals surface area contributed by atoms with Gasteiger partial charge >= 0.3 is 0 Å². The number of Topliss-reactive ketones (excluding diaryl/α,β-unsaturated/α-hetero) is 1. The molecule has 0 N–H and O–H groups in total. The quantitative estimate of drug-likeness (QED) is 0.772. The second-order valence-corrected chi connectivity index (χ2v) is 5.30. The number of aryl methyl sites for hydroxylation is 2. The minimum atomic E-state index is 0.0820. The number of ketones is 1. The van der Waals surface area contributed by atoms with Crippen molar-refractivity contribution in [3.8, 4) is 0 Å². The van der Waals surface area contributed by atoms with Crippen molar-refractivity contribution in [2.45, 2.75) is 25.7 Å². The zero-order valence-electron chi connectivity index (χ0n) is 11.2. The highest BCUT2D eigenvalue weighted by atomic mass is 16.1. The van der Waals surface area contributed by atoms with Crippen molar-refractivity contribution in [3.63, 3.8) is 0 Å². The van der Waals surface area contributed by atoms with Crippen molar-refractivity contribution in [2.24, 2.45) is 13.0 Å². The van der Waals surface area contributed by atoms with E-state index in [0.717, 1.165) is 36.9 Å². The third kappa shape index (κ3) is 2.46. The minimum Gasteiger partial charge on any atom is -0.294 e. The van der Waals surface area contributed by atoms with Gasteiger partial charge in [-0.1, -0.05) is 24.3 Å². The molecule has 0 amide bonds. The molecule has 1 aliphatic rings. The fraction of sp³-hybridized carbons (Fsp3) is 0.375. The van der Waals surface area contributed by atoms with Crippen LogP contribution in [0.3, 0.4) is 0 Å². The third-order valence-electron chi connectivity index (χ3n) is 3.88. The second-order valence-electron chi connectivity index (χ2n) is 5.30. The van der Waals surface area contributed by atoms with E-state index in [9.17, 15) is 4.79 Å². The van der Waals surface area contributed by atoms with Crippen LogP contribution in [0, 0.1) is 5.92 Å². The van der Waals surface area contributed by atoms with E-state index in [1.165, 1.54) is 5.56 Å². The van der Waals surface area contributed by atoms with Gasteiger partial charge in [0.25, 0.3) is 0 Å². The number of carbonyl (C=O) groups excluding carboxylic acids is 1. The predicted molar refractivity (Wildman–Crippen MR) is 74.1 cm³/mol. The monoisotopic (exact) mass is 254 g/mol. The maximum Gasteiger partial charge on any atom is 0.166 e. The van der Waals surface area contributed by atoms with E-state index >= 15 is 0 Å². The van der Waals surface area contributed by atoms with Crippen LogP contribution in [0.1, 0.15) is 34.5 Å². The highest BCUT2D eigenvalue weighted by Gasteiger charge is 2.25. The lowest BCUT2D eigenvalue weighted by atomic mass is 9.91. The van der Waals surface area contributed by atoms with E-state index in [4.69, 9.17) is 0 Å². The van der Waals surface area contributed by atoms with Gasteiger partial charge in [-0.05, 0) is 30.9 Å². The molecule has 0 fully saturated rings. The zero-order chi connectivity index (χ0) is 13.2. The molecular weight excluding hydrogens is 236 g/mol. The first-order valence-corrected chi connectivity index (χ1v) is 6.84. The summed E-state index contributed by atoms with van der Waals surface area (Å²) in [6, 6.07) is 10.0. The smallest absolute Gasteiger partial charge is 0.166 e. The number of hydrogen-bond acceptors (Lipinski definition) is 2. The van der Waals surface area contributed by atoms with Gasteiger partial charge in [-0.3, -0.25) is 9.48 Å². The minimum absolute atomic E-state index is 0.0820. The molecular formula is C16H18N2O. The molecule has 0 radical (unpaired) electrons. The van der Waals surface area contributed by atoms with Crippen molar-refractivity contribution < 1.29 is 4.79 Å². The molecule has 3 rings (SSSR count). The van der Waals surface area contributed by atoms with Crippen molar-refractivity contribution in [1.29, 1.82) is 0 Å². The number of nitrogens with zero attached hydrogens (tertiary/aromatic N) is 2. The van der Waals surface area contributed by atoms with Gasteiger partial charge in [0.05, 0.1) is 5.69 Å². The molecule has 0 saturated heterocycles. The Morgan fingerprint density at radius 2 is 2.16 bits per heavy atom. The van der Waals surface area contributed by atoms with E-state index in [2.05, 4.69) is 11.2 Å². The van der Waals surface area contributed by atoms with Gasteiger partial charge in [0.2, 0.25) is 0 Å². The van der Waals surface area contributed by atoms with Crippen LogP contribution in [0.25, 0.3) is 0 Å². The Balaban J connectivity index is 1.85. The summed E-state index contributed by atoms with van der Waals surface area (Å²) in [7, 11) is 1.91. The van der Waals surface area contributed by atoms with Gasteiger partial charge in [-0.25, -0.2) is 0 Å². The number of aromatic nitrogens is 2. The molecule has 2 aromatic rings. The molecule has 0 bridgehead atoms. The van der Waals surface area contributed by atoms with E-state index in [1.807, 2.05) is 37.5 Å². The first-order chi connectivity index (χ1) is 9.24. The Hall–Kier alpha value is -1.90. The lowest BCUT2D eigenvalue weighted by molar-refractivity contribution is 0.0914. The van der Waals surface area contributed by atoms with Crippen LogP contribution in [0.5, 0.6) is 0 Å². The van der Waals surface area contributed by atoms with Gasteiger partial charge in [-0.15, -0.1) is 0 Å². The number of hydrogen-bond donors (Lipinski definition) is 0. The van der Waals surface area contributed by atoms with Crippen LogP contribution in [0.2, 0.25) is 0 Å². The Morgan fingerprint density at radius 1 is 1.32 bits per heavy atom. The molecule has 19 heavy (non-hydrogen) atoms. The van der Waals surface area contributed by atoms with Crippen molar-refractivity contribution in [2.75, 3.05) is 0 Å². The molecule has 0 spiro atoms. The van der Waals surface area contributed by atoms with Gasteiger partial charge in [0.15, 0.2) is 5.78 Å². The molecule has 0 aliphatic heterocycles. The summed E-state index contributed by atoms with van der Waals surface area (Å²) in [5.74, 6) is 0.373. The summed E-state index contributed by atoms with van der Waals surface area (Å²) in [5, 5.41) is 4.39. The lowest BCUT2D eigenvalue weighted by Crippen LogP contribution is -2.17. The summed E-state index contributed by atoms with van der Waals surface area (Å²) in [5.41, 5.74) is 3.14. The number of benzene rings is 1. The summed E-state index contributed by atoms with van der Waals surface area (Å²) in [4.78, 5) is 12.6. The van der Waals surface area contributed by atoms with Gasteiger partial charge in [0, 0.05) is 31.1 Å². The van der Waals surface area contributed by atoms with E-state index in [1.54, 1.807) is 4.68 Å². The summed E-state index contributed by atoms with van der Waals surface area (Å²) < 4.78 is 1.80. The normalized spacial score (nSPS) is 19.0. The molecule has 1 aliphatic carbocycles. The third-order valence-corrected chi connectivity index (χ3v) is 3.88. The number of rotatable bonds is 2. The van der Waals surface area contributed by atoms with Crippen LogP contribution in [0.15, 0.2) is 36.5 Å². The molecule has 1 aromatic heterocycles. The largest absolute Gasteiger partial charge is 0.294 e. The standard InChI is InChI=1S/C16H18N2O/c1-18-10-9-14(17-18)11-13-7-4-6-12-5-2-3-8-15(12)16(13)19/h2-3,5,8-10,13H,4,6-7,11H2,1H3. The predicted octanol–water partition coefficient (Wildman–Crippen LogP) is 2.80. The van der Waals surface area contributed by atoms with Crippen LogP contribution >= 0.6 is 0 Å². The SMILES string of the molecule is Cn1ccc(CC2CCCc3ccccc3C2=O)n1. The first kappa shape index (κ1) is 12.2. The molecule has 1 aromatic carbocycles. The van der Waals surface area contributed by atoms with Crippen LogP contribution in [-0.2, 0) is 19.9 Å². The summed E-state index contributed by atoms with van der Waals surface area (Å²) in [6.07, 6.45) is 5.75. The van der Waals surface area contributed by atoms with Gasteiger partial charge in [-0.2, -0.15) is 5.10 Å². The summed E-state index contributed by atoms with van der Waals surface area (Å²) in [6.45, 7) is 0. The van der Waals surface area contributed by atoms with Crippen molar-refractivity contribution in [1.82, 2.24) is 9.78 Å². The maximum absolute atomic E-state index is 12.6. The Kier molecular flexibility index (Phi) is 3.20. The summed E-state index contributed by atoms with van der Waals surface area (Å²) >= 11 is 0. The molecule has 1 unspecified atom stereocenters. The average molecular weight is 254 g/mol. The number of fused-ring (bicyclic) bond motifs is 1. The van der Waals surface area contributed by atoms with E-state index < -0.39 is 0 Å². The van der Waals surface area contributed by atoms with Gasteiger partial charge < -0.3 is 0 Å². The molecule has 98 valence electrons. The van der Waals surface area contributed by atoms with E-state index in [-0.39, 0.29) is 5.92 Å². The highest BCUT2D eigenvalue weighted by Crippen LogP contribution is 2.26. The Bertz CT molecular complexity index is 600. The topological polar surface area (TPSA) is 34.9 Å². The average Bonchev–Trinajstić information content (AvgIpc) is 2.75. The Labute approximate surface area is 113 Å². The highest BCUT2D eigenvalue weighted by molar-refractivity contribution is 5.99. The fourth-order valence-corrected chi connectivity index (χ4v) is 2.89. The second kappa shape index (κ2) is 5.00. The van der Waals surface area contributed by atoms with Crippen LogP contribution < -0.4 is 0 Å². The first-order valence-electron chi connectivity index (χ1n) is 6.84. The Morgan fingerprint density at radius 3 is 2.95 bits per heavy atom. The van der Waals surface area contributed by atoms with Crippen LogP contribution in [-0.4, -0.2) is 15.6 Å². The van der Waals surface area contributed by atoms with Gasteiger partial charge in [0.1, 0.15) is 0 Å². The number of carbonyl (C=O) groups is 1. The molecule has 1 heterocycles. The zero-order valence-corrected chi connectivity index (χ0v) is 11.2. The molecule has 0 saturated carbocycles. The molecule has 3 nitrogen and oxygen atoms in total.